The van der Waals surface area contributed by atoms with Crippen molar-refractivity contribution in [3.63, 3.8) is 0 Å². The minimum atomic E-state index is -0.625. The average Bonchev–Trinajstić information content (AvgIpc) is 3.47. The van der Waals surface area contributed by atoms with E-state index >= 15 is 0 Å². The fraction of sp³-hybridized carbons (Fsp3) is 0.522. The van der Waals surface area contributed by atoms with Gasteiger partial charge in [0.2, 0.25) is 5.91 Å². The molecule has 31 heavy (non-hydrogen) atoms. The Morgan fingerprint density at radius 3 is 2.94 bits per heavy atom. The van der Waals surface area contributed by atoms with Gasteiger partial charge in [0, 0.05) is 42.7 Å². The summed E-state index contributed by atoms with van der Waals surface area (Å²) in [5.74, 6) is -0.312. The van der Waals surface area contributed by atoms with Gasteiger partial charge >= 0.3 is 6.03 Å². The van der Waals surface area contributed by atoms with Crippen molar-refractivity contribution >= 4 is 28.7 Å². The highest BCUT2D eigenvalue weighted by Gasteiger charge is 2.37. The van der Waals surface area contributed by atoms with Crippen LogP contribution in [0.1, 0.15) is 38.2 Å². The van der Waals surface area contributed by atoms with Crippen LogP contribution < -0.4 is 10.6 Å². The lowest BCUT2D eigenvalue weighted by Gasteiger charge is -2.22. The summed E-state index contributed by atoms with van der Waals surface area (Å²) in [5, 5.41) is 6.82. The SMILES string of the molecule is CCN1CCC[C@H]1CNC(=O)CC[C@H]1NC(=O)N(CCc2c[nH]c3ccccc23)C1=O. The first-order chi connectivity index (χ1) is 15.1. The lowest BCUT2D eigenvalue weighted by molar-refractivity contribution is -0.127. The number of nitrogens with zero attached hydrogens (tertiary/aromatic N) is 2. The maximum absolute atomic E-state index is 12.7. The van der Waals surface area contributed by atoms with Crippen LogP contribution in [0.2, 0.25) is 0 Å². The third-order valence-electron chi connectivity index (χ3n) is 6.49. The molecule has 4 amide bonds. The van der Waals surface area contributed by atoms with Crippen molar-refractivity contribution in [3.8, 4) is 0 Å². The van der Waals surface area contributed by atoms with Crippen LogP contribution in [0.3, 0.4) is 0 Å². The molecule has 8 nitrogen and oxygen atoms in total. The van der Waals surface area contributed by atoms with E-state index in [0.29, 0.717) is 32.0 Å². The molecule has 2 saturated heterocycles. The maximum Gasteiger partial charge on any atom is 0.324 e. The highest BCUT2D eigenvalue weighted by Crippen LogP contribution is 2.20. The fourth-order valence-electron chi connectivity index (χ4n) is 4.69. The lowest BCUT2D eigenvalue weighted by Crippen LogP contribution is -2.40. The van der Waals surface area contributed by atoms with Crippen molar-refractivity contribution in [3.05, 3.63) is 36.0 Å². The number of benzene rings is 1. The van der Waals surface area contributed by atoms with Crippen LogP contribution in [0.4, 0.5) is 4.79 Å². The first kappa shape index (κ1) is 21.4. The predicted molar refractivity (Wildman–Crippen MR) is 119 cm³/mol. The number of imide groups is 1. The number of para-hydroxylation sites is 1. The van der Waals surface area contributed by atoms with Gasteiger partial charge in [-0.15, -0.1) is 0 Å². The molecule has 0 radical (unpaired) electrons. The molecule has 0 bridgehead atoms. The van der Waals surface area contributed by atoms with Crippen molar-refractivity contribution < 1.29 is 14.4 Å². The average molecular weight is 426 g/mol. The van der Waals surface area contributed by atoms with Crippen LogP contribution in [0.5, 0.6) is 0 Å². The Labute approximate surface area is 182 Å². The molecular weight excluding hydrogens is 394 g/mol. The molecule has 2 aliphatic rings. The number of likely N-dealkylation sites (tertiary alicyclic amines) is 1. The Hall–Kier alpha value is -2.87. The molecule has 1 aromatic carbocycles. The van der Waals surface area contributed by atoms with Gasteiger partial charge in [0.25, 0.3) is 5.91 Å². The number of aromatic amines is 1. The molecule has 0 saturated carbocycles. The van der Waals surface area contributed by atoms with Crippen molar-refractivity contribution in [2.45, 2.75) is 51.1 Å². The molecule has 2 aliphatic heterocycles. The molecule has 0 aliphatic carbocycles. The van der Waals surface area contributed by atoms with Crippen LogP contribution in [-0.2, 0) is 16.0 Å². The third kappa shape index (κ3) is 4.74. The van der Waals surface area contributed by atoms with E-state index in [-0.39, 0.29) is 24.3 Å². The molecule has 2 fully saturated rings. The van der Waals surface area contributed by atoms with E-state index in [9.17, 15) is 14.4 Å². The molecular formula is C23H31N5O3. The summed E-state index contributed by atoms with van der Waals surface area (Å²) in [6.45, 7) is 5.20. The van der Waals surface area contributed by atoms with Gasteiger partial charge < -0.3 is 15.6 Å². The van der Waals surface area contributed by atoms with Gasteiger partial charge in [-0.3, -0.25) is 19.4 Å². The van der Waals surface area contributed by atoms with Gasteiger partial charge in [0.05, 0.1) is 0 Å². The Morgan fingerprint density at radius 2 is 2.10 bits per heavy atom. The second-order valence-corrected chi connectivity index (χ2v) is 8.37. The molecule has 3 heterocycles. The second-order valence-electron chi connectivity index (χ2n) is 8.37. The smallest absolute Gasteiger partial charge is 0.324 e. The monoisotopic (exact) mass is 425 g/mol. The topological polar surface area (TPSA) is 97.5 Å². The number of carbonyl (C=O) groups excluding carboxylic acids is 3. The third-order valence-corrected chi connectivity index (χ3v) is 6.49. The van der Waals surface area contributed by atoms with Gasteiger partial charge in [-0.25, -0.2) is 4.79 Å². The van der Waals surface area contributed by atoms with E-state index in [4.69, 9.17) is 0 Å². The number of H-pyrrole nitrogens is 1. The number of amides is 4. The summed E-state index contributed by atoms with van der Waals surface area (Å²) in [6, 6.07) is 7.37. The highest BCUT2D eigenvalue weighted by atomic mass is 16.2. The van der Waals surface area contributed by atoms with Gasteiger partial charge in [-0.05, 0) is 50.4 Å². The summed E-state index contributed by atoms with van der Waals surface area (Å²) < 4.78 is 0. The van der Waals surface area contributed by atoms with Crippen LogP contribution in [-0.4, -0.2) is 70.9 Å². The molecule has 8 heteroatoms. The quantitative estimate of drug-likeness (QED) is 0.536. The Kier molecular flexibility index (Phi) is 6.56. The summed E-state index contributed by atoms with van der Waals surface area (Å²) in [4.78, 5) is 44.1. The standard InChI is InChI=1S/C23H31N5O3/c1-2-27-12-5-6-17(27)15-25-21(29)10-9-20-22(30)28(23(31)26-20)13-11-16-14-24-19-8-4-3-7-18(16)19/h3-4,7-8,14,17,20,24H,2,5-6,9-13,15H2,1H3,(H,25,29)(H,26,31)/t17-,20+/m0/s1. The van der Waals surface area contributed by atoms with Gasteiger partial charge in [-0.2, -0.15) is 0 Å². The Bertz CT molecular complexity index is 956. The number of carbonyl (C=O) groups is 3. The van der Waals surface area contributed by atoms with Crippen molar-refractivity contribution in [2.75, 3.05) is 26.2 Å². The van der Waals surface area contributed by atoms with Crippen LogP contribution in [0, 0.1) is 0 Å². The van der Waals surface area contributed by atoms with E-state index in [2.05, 4.69) is 27.4 Å². The number of hydrogen-bond donors (Lipinski definition) is 3. The van der Waals surface area contributed by atoms with Crippen molar-refractivity contribution in [2.24, 2.45) is 0 Å². The molecule has 166 valence electrons. The number of fused-ring (bicyclic) bond motifs is 1. The van der Waals surface area contributed by atoms with Crippen LogP contribution in [0.25, 0.3) is 10.9 Å². The highest BCUT2D eigenvalue weighted by molar-refractivity contribution is 6.04. The maximum atomic E-state index is 12.7. The molecule has 0 unspecified atom stereocenters. The van der Waals surface area contributed by atoms with E-state index in [1.54, 1.807) is 0 Å². The number of urea groups is 1. The van der Waals surface area contributed by atoms with Gasteiger partial charge in [-0.1, -0.05) is 25.1 Å². The summed E-state index contributed by atoms with van der Waals surface area (Å²) >= 11 is 0. The lowest BCUT2D eigenvalue weighted by atomic mass is 10.1. The Morgan fingerprint density at radius 1 is 1.26 bits per heavy atom. The Balaban J connectivity index is 1.24. The molecule has 3 N–H and O–H groups in total. The van der Waals surface area contributed by atoms with Gasteiger partial charge in [0.15, 0.2) is 0 Å². The van der Waals surface area contributed by atoms with E-state index in [1.807, 2.05) is 30.5 Å². The zero-order chi connectivity index (χ0) is 21.8. The number of rotatable bonds is 9. The second kappa shape index (κ2) is 9.51. The molecule has 1 aromatic heterocycles. The normalized spacial score (nSPS) is 21.8. The van der Waals surface area contributed by atoms with Crippen LogP contribution >= 0.6 is 0 Å². The number of likely N-dealkylation sites (N-methyl/N-ethyl adjacent to an activating group) is 1. The van der Waals surface area contributed by atoms with E-state index < -0.39 is 6.04 Å². The summed E-state index contributed by atoms with van der Waals surface area (Å²) in [7, 11) is 0. The number of hydrogen-bond acceptors (Lipinski definition) is 4. The molecule has 2 aromatic rings. The molecule has 2 atom stereocenters. The molecule has 4 rings (SSSR count). The van der Waals surface area contributed by atoms with Crippen molar-refractivity contribution in [1.82, 2.24) is 25.4 Å². The largest absolute Gasteiger partial charge is 0.361 e. The zero-order valence-corrected chi connectivity index (χ0v) is 18.0. The number of nitrogens with one attached hydrogen (secondary N) is 3. The number of aromatic nitrogens is 1. The minimum absolute atomic E-state index is 0.0674. The van der Waals surface area contributed by atoms with E-state index in [0.717, 1.165) is 36.0 Å². The summed E-state index contributed by atoms with van der Waals surface area (Å²) in [6.07, 6.45) is 5.34. The fourth-order valence-corrected chi connectivity index (χ4v) is 4.69. The molecule has 0 spiro atoms. The summed E-state index contributed by atoms with van der Waals surface area (Å²) in [5.41, 5.74) is 2.12. The first-order valence-electron chi connectivity index (χ1n) is 11.2. The van der Waals surface area contributed by atoms with Gasteiger partial charge in [0.1, 0.15) is 6.04 Å². The predicted octanol–water partition coefficient (Wildman–Crippen LogP) is 2.01. The van der Waals surface area contributed by atoms with E-state index in [1.165, 1.54) is 11.3 Å². The van der Waals surface area contributed by atoms with Crippen molar-refractivity contribution in [1.29, 1.82) is 0 Å². The first-order valence-corrected chi connectivity index (χ1v) is 11.2. The zero-order valence-electron chi connectivity index (χ0n) is 18.0. The minimum Gasteiger partial charge on any atom is -0.361 e. The van der Waals surface area contributed by atoms with Crippen LogP contribution in [0.15, 0.2) is 30.5 Å².